The Bertz CT molecular complexity index is 268. The van der Waals surface area contributed by atoms with Crippen LogP contribution < -0.4 is 4.74 Å². The Labute approximate surface area is 77.9 Å². The van der Waals surface area contributed by atoms with Crippen LogP contribution in [0.5, 0.6) is 5.75 Å². The van der Waals surface area contributed by atoms with Gasteiger partial charge in [0.1, 0.15) is 5.75 Å². The summed E-state index contributed by atoms with van der Waals surface area (Å²) in [6.45, 7) is 0. The molecule has 5 heteroatoms. The summed E-state index contributed by atoms with van der Waals surface area (Å²) in [6, 6.07) is 5.73. The molecule has 0 bridgehead atoms. The molecule has 0 N–H and O–H groups in total. The van der Waals surface area contributed by atoms with Gasteiger partial charge in [-0.2, -0.15) is 0 Å². The Hall–Kier alpha value is -0.840. The van der Waals surface area contributed by atoms with E-state index in [0.29, 0.717) is 0 Å². The standard InChI is InChI=1S/C8H7F3OS/c1-13-7-4-2-6(3-5-7)12-8(9,10)11/h2-5H,1H3. The van der Waals surface area contributed by atoms with E-state index in [0.717, 1.165) is 4.90 Å². The zero-order valence-electron chi connectivity index (χ0n) is 6.76. The van der Waals surface area contributed by atoms with E-state index in [1.165, 1.54) is 23.9 Å². The van der Waals surface area contributed by atoms with Gasteiger partial charge in [0.05, 0.1) is 0 Å². The number of alkyl halides is 3. The summed E-state index contributed by atoms with van der Waals surface area (Å²) in [7, 11) is 0. The molecule has 0 unspecified atom stereocenters. The first kappa shape index (κ1) is 10.2. The third kappa shape index (κ3) is 3.59. The van der Waals surface area contributed by atoms with E-state index in [1.807, 2.05) is 6.26 Å². The van der Waals surface area contributed by atoms with E-state index in [2.05, 4.69) is 4.74 Å². The summed E-state index contributed by atoms with van der Waals surface area (Å²) in [5, 5.41) is 0. The SMILES string of the molecule is CSc1ccc(OC(F)(F)F)cc1. The minimum atomic E-state index is -4.61. The number of rotatable bonds is 2. The summed E-state index contributed by atoms with van der Waals surface area (Å²) < 4.78 is 38.8. The predicted molar refractivity (Wildman–Crippen MR) is 44.9 cm³/mol. The summed E-state index contributed by atoms with van der Waals surface area (Å²) in [6.07, 6.45) is -2.76. The third-order valence-corrected chi connectivity index (χ3v) is 2.04. The number of hydrogen-bond acceptors (Lipinski definition) is 2. The van der Waals surface area contributed by atoms with Crippen molar-refractivity contribution < 1.29 is 17.9 Å². The molecule has 0 aromatic heterocycles. The molecule has 0 amide bonds. The fraction of sp³-hybridized carbons (Fsp3) is 0.250. The van der Waals surface area contributed by atoms with E-state index in [1.54, 1.807) is 12.1 Å². The van der Waals surface area contributed by atoms with Crippen molar-refractivity contribution in [2.45, 2.75) is 11.3 Å². The fourth-order valence-corrected chi connectivity index (χ4v) is 1.19. The third-order valence-electron chi connectivity index (χ3n) is 1.29. The largest absolute Gasteiger partial charge is 0.573 e. The van der Waals surface area contributed by atoms with Crippen LogP contribution in [-0.2, 0) is 0 Å². The number of thioether (sulfide) groups is 1. The van der Waals surface area contributed by atoms with Crippen LogP contribution in [0.15, 0.2) is 29.2 Å². The second kappa shape index (κ2) is 3.91. The quantitative estimate of drug-likeness (QED) is 0.689. The zero-order valence-corrected chi connectivity index (χ0v) is 7.58. The number of halogens is 3. The first-order chi connectivity index (χ1) is 6.01. The lowest BCUT2D eigenvalue weighted by molar-refractivity contribution is -0.274. The van der Waals surface area contributed by atoms with Gasteiger partial charge in [0.15, 0.2) is 0 Å². The summed E-state index contributed by atoms with van der Waals surface area (Å²) >= 11 is 1.46. The van der Waals surface area contributed by atoms with E-state index in [-0.39, 0.29) is 5.75 Å². The Kier molecular flexibility index (Phi) is 3.08. The average molecular weight is 208 g/mol. The molecule has 13 heavy (non-hydrogen) atoms. The molecule has 0 fully saturated rings. The summed E-state index contributed by atoms with van der Waals surface area (Å²) in [5.74, 6) is -0.190. The van der Waals surface area contributed by atoms with Crippen LogP contribution in [0.2, 0.25) is 0 Å². The monoisotopic (exact) mass is 208 g/mol. The molecule has 0 aliphatic rings. The fourth-order valence-electron chi connectivity index (χ4n) is 0.777. The highest BCUT2D eigenvalue weighted by atomic mass is 32.2. The van der Waals surface area contributed by atoms with Crippen molar-refractivity contribution >= 4 is 11.8 Å². The van der Waals surface area contributed by atoms with Crippen molar-refractivity contribution in [2.75, 3.05) is 6.26 Å². The maximum absolute atomic E-state index is 11.7. The Balaban J connectivity index is 2.70. The maximum atomic E-state index is 11.7. The minimum absolute atomic E-state index is 0.190. The lowest BCUT2D eigenvalue weighted by Crippen LogP contribution is -2.16. The molecule has 1 rings (SSSR count). The average Bonchev–Trinajstić information content (AvgIpc) is 2.03. The molecule has 0 saturated carbocycles. The molecule has 0 radical (unpaired) electrons. The van der Waals surface area contributed by atoms with Gasteiger partial charge in [-0.3, -0.25) is 0 Å². The minimum Gasteiger partial charge on any atom is -0.406 e. The van der Waals surface area contributed by atoms with Crippen molar-refractivity contribution in [1.82, 2.24) is 0 Å². The van der Waals surface area contributed by atoms with Crippen molar-refractivity contribution in [2.24, 2.45) is 0 Å². The highest BCUT2D eigenvalue weighted by Gasteiger charge is 2.30. The van der Waals surface area contributed by atoms with Crippen molar-refractivity contribution in [3.05, 3.63) is 24.3 Å². The van der Waals surface area contributed by atoms with Gasteiger partial charge in [-0.25, -0.2) is 0 Å². The van der Waals surface area contributed by atoms with E-state index in [4.69, 9.17) is 0 Å². The van der Waals surface area contributed by atoms with Crippen LogP contribution in [0.4, 0.5) is 13.2 Å². The molecule has 0 heterocycles. The summed E-state index contributed by atoms with van der Waals surface area (Å²) in [5.41, 5.74) is 0. The molecule has 1 nitrogen and oxygen atoms in total. The van der Waals surface area contributed by atoms with Gasteiger partial charge in [-0.05, 0) is 30.5 Å². The Morgan fingerprint density at radius 1 is 1.15 bits per heavy atom. The topological polar surface area (TPSA) is 9.23 Å². The Morgan fingerprint density at radius 2 is 1.69 bits per heavy atom. The zero-order chi connectivity index (χ0) is 9.90. The second-order valence-corrected chi connectivity index (χ2v) is 3.10. The molecular formula is C8H7F3OS. The highest BCUT2D eigenvalue weighted by molar-refractivity contribution is 7.98. The lowest BCUT2D eigenvalue weighted by Gasteiger charge is -2.08. The van der Waals surface area contributed by atoms with Crippen LogP contribution in [0.1, 0.15) is 0 Å². The van der Waals surface area contributed by atoms with Crippen LogP contribution >= 0.6 is 11.8 Å². The van der Waals surface area contributed by atoms with Crippen LogP contribution in [0, 0.1) is 0 Å². The molecule has 0 saturated heterocycles. The normalized spacial score (nSPS) is 11.4. The number of benzene rings is 1. The van der Waals surface area contributed by atoms with Gasteiger partial charge < -0.3 is 4.74 Å². The van der Waals surface area contributed by atoms with Crippen molar-refractivity contribution in [3.63, 3.8) is 0 Å². The van der Waals surface area contributed by atoms with Crippen LogP contribution in [0.25, 0.3) is 0 Å². The van der Waals surface area contributed by atoms with E-state index in [9.17, 15) is 13.2 Å². The van der Waals surface area contributed by atoms with E-state index < -0.39 is 6.36 Å². The molecule has 0 atom stereocenters. The second-order valence-electron chi connectivity index (χ2n) is 2.22. The molecular weight excluding hydrogens is 201 g/mol. The van der Waals surface area contributed by atoms with Gasteiger partial charge in [0.2, 0.25) is 0 Å². The smallest absolute Gasteiger partial charge is 0.406 e. The van der Waals surface area contributed by atoms with Gasteiger partial charge in [0.25, 0.3) is 0 Å². The van der Waals surface area contributed by atoms with Gasteiger partial charge in [0, 0.05) is 4.90 Å². The first-order valence-corrected chi connectivity index (χ1v) is 4.63. The number of ether oxygens (including phenoxy) is 1. The highest BCUT2D eigenvalue weighted by Crippen LogP contribution is 2.24. The first-order valence-electron chi connectivity index (χ1n) is 3.41. The summed E-state index contributed by atoms with van der Waals surface area (Å²) in [4.78, 5) is 0.898. The van der Waals surface area contributed by atoms with Crippen molar-refractivity contribution in [3.8, 4) is 5.75 Å². The molecule has 1 aromatic carbocycles. The molecule has 72 valence electrons. The molecule has 0 aliphatic heterocycles. The predicted octanol–water partition coefficient (Wildman–Crippen LogP) is 3.31. The van der Waals surface area contributed by atoms with Gasteiger partial charge in [-0.15, -0.1) is 24.9 Å². The molecule has 0 spiro atoms. The maximum Gasteiger partial charge on any atom is 0.573 e. The van der Waals surface area contributed by atoms with E-state index >= 15 is 0 Å². The number of hydrogen-bond donors (Lipinski definition) is 0. The van der Waals surface area contributed by atoms with Crippen molar-refractivity contribution in [1.29, 1.82) is 0 Å². The van der Waals surface area contributed by atoms with Gasteiger partial charge in [-0.1, -0.05) is 0 Å². The van der Waals surface area contributed by atoms with Crippen LogP contribution in [0.3, 0.4) is 0 Å². The van der Waals surface area contributed by atoms with Gasteiger partial charge >= 0.3 is 6.36 Å². The molecule has 0 aliphatic carbocycles. The molecule has 1 aromatic rings. The van der Waals surface area contributed by atoms with Crippen LogP contribution in [-0.4, -0.2) is 12.6 Å². The Morgan fingerprint density at radius 3 is 2.08 bits per heavy atom. The lowest BCUT2D eigenvalue weighted by atomic mass is 10.3.